The molecule has 0 spiro atoms. The largest absolute Gasteiger partial charge is 0.496 e. The van der Waals surface area contributed by atoms with Crippen molar-refractivity contribution in [2.24, 2.45) is 5.41 Å². The zero-order valence-corrected chi connectivity index (χ0v) is 17.4. The number of allylic oxidation sites excluding steroid dienone is 2. The number of para-hydroxylation sites is 1. The third kappa shape index (κ3) is 2.97. The third-order valence-corrected chi connectivity index (χ3v) is 6.42. The van der Waals surface area contributed by atoms with Crippen LogP contribution in [0.25, 0.3) is 11.4 Å². The normalized spacial score (nSPS) is 20.1. The maximum absolute atomic E-state index is 13.2. The van der Waals surface area contributed by atoms with Gasteiger partial charge in [0.1, 0.15) is 11.8 Å². The van der Waals surface area contributed by atoms with Gasteiger partial charge in [0.15, 0.2) is 11.6 Å². The van der Waals surface area contributed by atoms with Crippen LogP contribution in [0.3, 0.4) is 0 Å². The van der Waals surface area contributed by atoms with Crippen molar-refractivity contribution in [2.45, 2.75) is 32.7 Å². The van der Waals surface area contributed by atoms with Crippen molar-refractivity contribution in [3.63, 3.8) is 0 Å². The van der Waals surface area contributed by atoms with Gasteiger partial charge in [0.05, 0.1) is 12.7 Å². The molecule has 7 heteroatoms. The molecule has 1 N–H and O–H groups in total. The third-order valence-electron chi connectivity index (χ3n) is 5.49. The number of carbonyl (C=O) groups is 1. The second-order valence-electron chi connectivity index (χ2n) is 8.28. The Balaban J connectivity index is 1.68. The number of Topliss-reactive ketones (excluding diaryl/α,β-unsaturated/α-hetero) is 1. The lowest BCUT2D eigenvalue weighted by atomic mass is 9.73. The van der Waals surface area contributed by atoms with Crippen LogP contribution in [0, 0.1) is 5.41 Å². The number of thiophene rings is 1. The maximum Gasteiger partial charge on any atom is 0.226 e. The van der Waals surface area contributed by atoms with Crippen LogP contribution in [-0.4, -0.2) is 27.7 Å². The summed E-state index contributed by atoms with van der Waals surface area (Å²) < 4.78 is 7.35. The lowest BCUT2D eigenvalue weighted by Gasteiger charge is -2.37. The van der Waals surface area contributed by atoms with Gasteiger partial charge in [-0.2, -0.15) is 4.98 Å². The van der Waals surface area contributed by atoms with Gasteiger partial charge >= 0.3 is 0 Å². The molecule has 0 amide bonds. The number of nitrogens with one attached hydrogen (secondary N) is 1. The molecule has 1 atom stereocenters. The molecule has 6 nitrogen and oxygen atoms in total. The molecule has 1 aliphatic carbocycles. The van der Waals surface area contributed by atoms with E-state index >= 15 is 0 Å². The van der Waals surface area contributed by atoms with E-state index in [1.165, 1.54) is 0 Å². The van der Waals surface area contributed by atoms with Crippen LogP contribution in [0.4, 0.5) is 5.95 Å². The van der Waals surface area contributed by atoms with Crippen LogP contribution < -0.4 is 10.1 Å². The second kappa shape index (κ2) is 6.56. The quantitative estimate of drug-likeness (QED) is 0.684. The van der Waals surface area contributed by atoms with E-state index in [9.17, 15) is 4.79 Å². The minimum atomic E-state index is -0.249. The van der Waals surface area contributed by atoms with E-state index < -0.39 is 0 Å². The minimum absolute atomic E-state index is 0.0728. The van der Waals surface area contributed by atoms with Crippen LogP contribution >= 0.6 is 11.3 Å². The Morgan fingerprint density at radius 1 is 1.21 bits per heavy atom. The van der Waals surface area contributed by atoms with E-state index in [-0.39, 0.29) is 17.2 Å². The summed E-state index contributed by atoms with van der Waals surface area (Å²) in [5.41, 5.74) is 2.54. The van der Waals surface area contributed by atoms with E-state index in [1.54, 1.807) is 18.4 Å². The zero-order valence-electron chi connectivity index (χ0n) is 16.6. The summed E-state index contributed by atoms with van der Waals surface area (Å²) in [6.45, 7) is 4.27. The Morgan fingerprint density at radius 2 is 2.03 bits per heavy atom. The van der Waals surface area contributed by atoms with E-state index in [0.717, 1.165) is 33.9 Å². The summed E-state index contributed by atoms with van der Waals surface area (Å²) in [6, 6.07) is 11.5. The lowest BCUT2D eigenvalue weighted by Crippen LogP contribution is -2.36. The number of hydrogen-bond donors (Lipinski definition) is 1. The van der Waals surface area contributed by atoms with Crippen molar-refractivity contribution in [3.05, 3.63) is 57.9 Å². The molecule has 2 aromatic heterocycles. The molecule has 0 saturated heterocycles. The average molecular weight is 407 g/mol. The number of methoxy groups -OCH3 is 1. The molecule has 5 rings (SSSR count). The molecule has 1 aromatic carbocycles. The zero-order chi connectivity index (χ0) is 20.2. The Hall–Kier alpha value is -2.93. The first-order valence-electron chi connectivity index (χ1n) is 9.63. The van der Waals surface area contributed by atoms with Gasteiger partial charge in [-0.15, -0.1) is 16.4 Å². The van der Waals surface area contributed by atoms with Gasteiger partial charge < -0.3 is 10.1 Å². The molecule has 0 bridgehead atoms. The van der Waals surface area contributed by atoms with Gasteiger partial charge in [0.2, 0.25) is 5.95 Å². The number of anilines is 1. The molecule has 3 aromatic rings. The van der Waals surface area contributed by atoms with Crippen molar-refractivity contribution in [2.75, 3.05) is 12.4 Å². The molecular formula is C22H22N4O2S. The van der Waals surface area contributed by atoms with E-state index in [2.05, 4.69) is 25.2 Å². The fourth-order valence-electron chi connectivity index (χ4n) is 4.26. The second-order valence-corrected chi connectivity index (χ2v) is 9.26. The van der Waals surface area contributed by atoms with Crippen molar-refractivity contribution >= 4 is 23.1 Å². The maximum atomic E-state index is 13.2. The van der Waals surface area contributed by atoms with Gasteiger partial charge in [0.25, 0.3) is 0 Å². The molecule has 148 valence electrons. The molecular weight excluding hydrogens is 384 g/mol. The molecule has 1 unspecified atom stereocenters. The fraction of sp³-hybridized carbons (Fsp3) is 0.318. The Labute approximate surface area is 173 Å². The smallest absolute Gasteiger partial charge is 0.226 e. The van der Waals surface area contributed by atoms with Crippen LogP contribution in [0.15, 0.2) is 53.0 Å². The number of fused-ring (bicyclic) bond motifs is 1. The molecule has 1 aliphatic heterocycles. The highest BCUT2D eigenvalue weighted by atomic mass is 32.1. The van der Waals surface area contributed by atoms with Gasteiger partial charge in [-0.25, -0.2) is 4.68 Å². The van der Waals surface area contributed by atoms with Crippen molar-refractivity contribution in [1.82, 2.24) is 14.8 Å². The predicted octanol–water partition coefficient (Wildman–Crippen LogP) is 4.67. The highest BCUT2D eigenvalue weighted by Gasteiger charge is 2.42. The van der Waals surface area contributed by atoms with Crippen LogP contribution in [0.2, 0.25) is 0 Å². The SMILES string of the molecule is COc1ccccc1-c1nc2n(n1)C(c1cccs1)C1=C(CC(C)(C)CC1=O)N2. The summed E-state index contributed by atoms with van der Waals surface area (Å²) >= 11 is 1.64. The molecule has 29 heavy (non-hydrogen) atoms. The van der Waals surface area contributed by atoms with Gasteiger partial charge in [-0.05, 0) is 35.4 Å². The number of nitrogens with zero attached hydrogens (tertiary/aromatic N) is 3. The van der Waals surface area contributed by atoms with Crippen LogP contribution in [0.1, 0.15) is 37.6 Å². The standard InChI is InChI=1S/C22H22N4O2S/c1-22(2)11-14-18(15(27)12-22)19(17-9-6-10-29-17)26-21(23-14)24-20(25-26)13-7-4-5-8-16(13)28-3/h4-10,19H,11-12H2,1-3H3,(H,23,24,25). The molecule has 3 heterocycles. The fourth-order valence-corrected chi connectivity index (χ4v) is 5.08. The van der Waals surface area contributed by atoms with E-state index in [0.29, 0.717) is 18.2 Å². The number of ether oxygens (including phenoxy) is 1. The first-order valence-corrected chi connectivity index (χ1v) is 10.5. The van der Waals surface area contributed by atoms with Crippen LogP contribution in [-0.2, 0) is 4.79 Å². The van der Waals surface area contributed by atoms with E-state index in [1.807, 2.05) is 40.4 Å². The highest BCUT2D eigenvalue weighted by Crippen LogP contribution is 2.46. The molecule has 2 aliphatic rings. The van der Waals surface area contributed by atoms with Gasteiger partial charge in [-0.1, -0.05) is 32.0 Å². The first-order chi connectivity index (χ1) is 14.0. The van der Waals surface area contributed by atoms with Crippen LogP contribution in [0.5, 0.6) is 5.75 Å². The highest BCUT2D eigenvalue weighted by molar-refractivity contribution is 7.10. The molecule has 0 fully saturated rings. The Kier molecular flexibility index (Phi) is 4.10. The lowest BCUT2D eigenvalue weighted by molar-refractivity contribution is -0.118. The summed E-state index contributed by atoms with van der Waals surface area (Å²) in [5.74, 6) is 2.15. The summed E-state index contributed by atoms with van der Waals surface area (Å²) in [6.07, 6.45) is 1.35. The van der Waals surface area contributed by atoms with E-state index in [4.69, 9.17) is 14.8 Å². The topological polar surface area (TPSA) is 69.0 Å². The van der Waals surface area contributed by atoms with Crippen molar-refractivity contribution < 1.29 is 9.53 Å². The molecule has 0 radical (unpaired) electrons. The number of carbonyl (C=O) groups excluding carboxylic acids is 1. The van der Waals surface area contributed by atoms with Crippen molar-refractivity contribution in [3.8, 4) is 17.1 Å². The number of benzene rings is 1. The number of aromatic nitrogens is 3. The predicted molar refractivity (Wildman–Crippen MR) is 113 cm³/mol. The molecule has 0 saturated carbocycles. The number of hydrogen-bond acceptors (Lipinski definition) is 6. The first kappa shape index (κ1) is 18.1. The monoisotopic (exact) mass is 406 g/mol. The Morgan fingerprint density at radius 3 is 2.79 bits per heavy atom. The average Bonchev–Trinajstić information content (AvgIpc) is 3.35. The summed E-state index contributed by atoms with van der Waals surface area (Å²) in [4.78, 5) is 19.0. The summed E-state index contributed by atoms with van der Waals surface area (Å²) in [5, 5.41) is 10.3. The number of rotatable bonds is 3. The minimum Gasteiger partial charge on any atom is -0.496 e. The summed E-state index contributed by atoms with van der Waals surface area (Å²) in [7, 11) is 1.64. The Bertz CT molecular complexity index is 1130. The number of ketones is 1. The van der Waals surface area contributed by atoms with Crippen molar-refractivity contribution in [1.29, 1.82) is 0 Å². The van der Waals surface area contributed by atoms with Gasteiger partial charge in [0, 0.05) is 22.6 Å². The van der Waals surface area contributed by atoms with Gasteiger partial charge in [-0.3, -0.25) is 4.79 Å².